The fraction of sp³-hybridized carbons (Fsp3) is 0.435. The molecule has 0 fully saturated rings. The second-order valence-corrected chi connectivity index (χ2v) is 8.23. The molecule has 0 bridgehead atoms. The molecule has 7 heteroatoms. The van der Waals surface area contributed by atoms with Gasteiger partial charge in [0, 0.05) is 12.2 Å². The molecule has 0 atom stereocenters. The van der Waals surface area contributed by atoms with Gasteiger partial charge in [-0.1, -0.05) is 17.7 Å². The van der Waals surface area contributed by atoms with Crippen LogP contribution >= 0.6 is 15.9 Å². The van der Waals surface area contributed by atoms with Crippen LogP contribution in [0.1, 0.15) is 24.5 Å². The maximum atomic E-state index is 12.3. The summed E-state index contributed by atoms with van der Waals surface area (Å²) in [4.78, 5) is 14.4. The molecule has 0 heterocycles. The molecule has 2 N–H and O–H groups in total. The number of ether oxygens (including phenoxy) is 2. The van der Waals surface area contributed by atoms with Crippen molar-refractivity contribution in [3.05, 3.63) is 52.0 Å². The van der Waals surface area contributed by atoms with Crippen molar-refractivity contribution in [1.82, 2.24) is 10.2 Å². The van der Waals surface area contributed by atoms with Crippen molar-refractivity contribution in [3.8, 4) is 11.5 Å². The fourth-order valence-corrected chi connectivity index (χ4v) is 3.46. The van der Waals surface area contributed by atoms with Crippen molar-refractivity contribution < 1.29 is 14.3 Å². The molecule has 0 aliphatic rings. The highest BCUT2D eigenvalue weighted by molar-refractivity contribution is 9.10. The van der Waals surface area contributed by atoms with Crippen LogP contribution in [0.5, 0.6) is 11.5 Å². The molecular weight excluding hydrogens is 446 g/mol. The zero-order valence-corrected chi connectivity index (χ0v) is 19.8. The predicted molar refractivity (Wildman–Crippen MR) is 125 cm³/mol. The van der Waals surface area contributed by atoms with Gasteiger partial charge in [-0.3, -0.25) is 4.79 Å². The predicted octanol–water partition coefficient (Wildman–Crippen LogP) is 4.22. The van der Waals surface area contributed by atoms with Crippen molar-refractivity contribution >= 4 is 27.5 Å². The third-order valence-electron chi connectivity index (χ3n) is 4.34. The number of amides is 1. The number of aryl methyl sites for hydroxylation is 1. The van der Waals surface area contributed by atoms with Crippen LogP contribution in [0.3, 0.4) is 0 Å². The number of benzene rings is 2. The van der Waals surface area contributed by atoms with Gasteiger partial charge < -0.3 is 25.0 Å². The minimum atomic E-state index is -0.222. The average Bonchev–Trinajstić information content (AvgIpc) is 2.69. The Balaban J connectivity index is 1.95. The molecule has 2 rings (SSSR count). The topological polar surface area (TPSA) is 62.8 Å². The first-order valence-electron chi connectivity index (χ1n) is 10.2. The Hall–Kier alpha value is -2.09. The van der Waals surface area contributed by atoms with Crippen LogP contribution in [0.25, 0.3) is 0 Å². The molecule has 0 aliphatic carbocycles. The quantitative estimate of drug-likeness (QED) is 0.448. The largest absolute Gasteiger partial charge is 0.490 e. The first kappa shape index (κ1) is 24.2. The van der Waals surface area contributed by atoms with Crippen LogP contribution in [-0.4, -0.2) is 51.2 Å². The van der Waals surface area contributed by atoms with Gasteiger partial charge in [-0.25, -0.2) is 0 Å². The van der Waals surface area contributed by atoms with E-state index in [2.05, 4.69) is 45.6 Å². The second-order valence-electron chi connectivity index (χ2n) is 7.37. The molecule has 0 aliphatic heterocycles. The second kappa shape index (κ2) is 12.6. The smallest absolute Gasteiger partial charge is 0.262 e. The van der Waals surface area contributed by atoms with Crippen molar-refractivity contribution in [1.29, 1.82) is 0 Å². The fourth-order valence-electron chi connectivity index (χ4n) is 2.85. The summed E-state index contributed by atoms with van der Waals surface area (Å²) in [6, 6.07) is 11.6. The van der Waals surface area contributed by atoms with Crippen LogP contribution in [0.2, 0.25) is 0 Å². The van der Waals surface area contributed by atoms with Crippen LogP contribution < -0.4 is 20.1 Å². The lowest BCUT2D eigenvalue weighted by atomic mass is 10.2. The summed E-state index contributed by atoms with van der Waals surface area (Å²) in [6.07, 6.45) is 1.09. The molecule has 0 spiro atoms. The van der Waals surface area contributed by atoms with E-state index in [1.165, 1.54) is 0 Å². The Morgan fingerprint density at radius 2 is 1.87 bits per heavy atom. The van der Waals surface area contributed by atoms with E-state index in [-0.39, 0.29) is 12.5 Å². The maximum Gasteiger partial charge on any atom is 0.262 e. The number of rotatable bonds is 12. The van der Waals surface area contributed by atoms with E-state index >= 15 is 0 Å². The van der Waals surface area contributed by atoms with E-state index in [1.807, 2.05) is 50.2 Å². The number of nitrogens with one attached hydrogen (secondary N) is 2. The Labute approximate surface area is 188 Å². The lowest BCUT2D eigenvalue weighted by Gasteiger charge is -2.16. The van der Waals surface area contributed by atoms with Crippen LogP contribution in [0, 0.1) is 6.92 Å². The molecule has 164 valence electrons. The summed E-state index contributed by atoms with van der Waals surface area (Å²) in [5.74, 6) is 0.937. The zero-order valence-electron chi connectivity index (χ0n) is 18.3. The van der Waals surface area contributed by atoms with Crippen molar-refractivity contribution in [2.75, 3.05) is 45.7 Å². The minimum absolute atomic E-state index is 0.102. The van der Waals surface area contributed by atoms with Gasteiger partial charge in [0.1, 0.15) is 0 Å². The van der Waals surface area contributed by atoms with Crippen molar-refractivity contribution in [3.63, 3.8) is 0 Å². The van der Waals surface area contributed by atoms with E-state index in [9.17, 15) is 4.79 Å². The van der Waals surface area contributed by atoms with Gasteiger partial charge in [-0.2, -0.15) is 0 Å². The third kappa shape index (κ3) is 8.34. The highest BCUT2D eigenvalue weighted by Crippen LogP contribution is 2.37. The van der Waals surface area contributed by atoms with Crippen LogP contribution in [0.15, 0.2) is 40.9 Å². The molecule has 0 radical (unpaired) electrons. The number of halogens is 1. The van der Waals surface area contributed by atoms with Gasteiger partial charge in [-0.15, -0.1) is 0 Å². The van der Waals surface area contributed by atoms with Crippen LogP contribution in [0.4, 0.5) is 5.69 Å². The molecule has 0 saturated carbocycles. The lowest BCUT2D eigenvalue weighted by Crippen LogP contribution is -2.21. The molecule has 1 amide bonds. The number of nitrogens with zero attached hydrogens (tertiary/aromatic N) is 1. The average molecular weight is 478 g/mol. The van der Waals surface area contributed by atoms with E-state index in [1.54, 1.807) is 0 Å². The Kier molecular flexibility index (Phi) is 10.1. The molecule has 0 unspecified atom stereocenters. The van der Waals surface area contributed by atoms with Gasteiger partial charge >= 0.3 is 0 Å². The van der Waals surface area contributed by atoms with Gasteiger partial charge in [0.15, 0.2) is 18.1 Å². The minimum Gasteiger partial charge on any atom is -0.490 e. The van der Waals surface area contributed by atoms with E-state index in [4.69, 9.17) is 9.47 Å². The van der Waals surface area contributed by atoms with Gasteiger partial charge in [-0.05, 0) is 93.2 Å². The highest BCUT2D eigenvalue weighted by Gasteiger charge is 2.14. The molecule has 2 aromatic rings. The van der Waals surface area contributed by atoms with E-state index < -0.39 is 0 Å². The summed E-state index contributed by atoms with van der Waals surface area (Å²) in [6.45, 7) is 7.07. The van der Waals surface area contributed by atoms with Crippen LogP contribution in [-0.2, 0) is 11.3 Å². The summed E-state index contributed by atoms with van der Waals surface area (Å²) >= 11 is 3.56. The van der Waals surface area contributed by atoms with E-state index in [0.29, 0.717) is 18.1 Å². The molecule has 6 nitrogen and oxygen atoms in total. The molecule has 0 aromatic heterocycles. The van der Waals surface area contributed by atoms with Gasteiger partial charge in [0.2, 0.25) is 0 Å². The van der Waals surface area contributed by atoms with Crippen molar-refractivity contribution in [2.24, 2.45) is 0 Å². The molecular formula is C23H32BrN3O3. The summed E-state index contributed by atoms with van der Waals surface area (Å²) in [7, 11) is 4.15. The third-order valence-corrected chi connectivity index (χ3v) is 4.93. The molecule has 30 heavy (non-hydrogen) atoms. The van der Waals surface area contributed by atoms with E-state index in [0.717, 1.165) is 47.3 Å². The summed E-state index contributed by atoms with van der Waals surface area (Å²) in [5.41, 5.74) is 2.97. The SMILES string of the molecule is CCOc1cc(CNCCCN(C)C)cc(Br)c1OCC(=O)Nc1ccc(C)cc1. The first-order valence-corrected chi connectivity index (χ1v) is 11.0. The molecule has 0 saturated heterocycles. The normalized spacial score (nSPS) is 10.9. The van der Waals surface area contributed by atoms with Crippen molar-refractivity contribution in [2.45, 2.75) is 26.8 Å². The number of hydrogen-bond acceptors (Lipinski definition) is 5. The maximum absolute atomic E-state index is 12.3. The van der Waals surface area contributed by atoms with Gasteiger partial charge in [0.25, 0.3) is 5.91 Å². The Morgan fingerprint density at radius 3 is 2.53 bits per heavy atom. The number of hydrogen-bond donors (Lipinski definition) is 2. The Morgan fingerprint density at radius 1 is 1.13 bits per heavy atom. The first-order chi connectivity index (χ1) is 14.4. The number of anilines is 1. The standard InChI is InChI=1S/C23H32BrN3O3/c1-5-29-21-14-18(15-25-11-6-12-27(3)4)13-20(24)23(21)30-16-22(28)26-19-9-7-17(2)8-10-19/h7-10,13-14,25H,5-6,11-12,15-16H2,1-4H3,(H,26,28). The number of carbonyl (C=O) groups excluding carboxylic acids is 1. The number of carbonyl (C=O) groups is 1. The Bertz CT molecular complexity index is 810. The summed E-state index contributed by atoms with van der Waals surface area (Å²) < 4.78 is 12.3. The lowest BCUT2D eigenvalue weighted by molar-refractivity contribution is -0.118. The molecule has 2 aromatic carbocycles. The monoisotopic (exact) mass is 477 g/mol. The zero-order chi connectivity index (χ0) is 21.9. The summed E-state index contributed by atoms with van der Waals surface area (Å²) in [5, 5.41) is 6.28. The highest BCUT2D eigenvalue weighted by atomic mass is 79.9. The van der Waals surface area contributed by atoms with Gasteiger partial charge in [0.05, 0.1) is 11.1 Å².